The molecule has 0 aromatic heterocycles. The summed E-state index contributed by atoms with van der Waals surface area (Å²) in [6, 6.07) is 10.5. The molecule has 13 heteroatoms. The Morgan fingerprint density at radius 2 is 1.42 bits per heavy atom. The third-order valence-electron chi connectivity index (χ3n) is 8.56. The summed E-state index contributed by atoms with van der Waals surface area (Å²) < 4.78 is 81.2. The van der Waals surface area contributed by atoms with Gasteiger partial charge in [0.15, 0.2) is 0 Å². The second-order valence-electron chi connectivity index (χ2n) is 12.9. The average molecular weight is 643 g/mol. The zero-order chi connectivity index (χ0) is 33.2. The average Bonchev–Trinajstić information content (AvgIpc) is 2.93. The Hall–Kier alpha value is -3.48. The number of hydrogen-bond acceptors (Lipinski definition) is 5. The van der Waals surface area contributed by atoms with Crippen LogP contribution in [0.3, 0.4) is 0 Å². The highest BCUT2D eigenvalue weighted by atomic mass is 19.4. The van der Waals surface area contributed by atoms with Crippen LogP contribution in [0.1, 0.15) is 64.1 Å². The van der Waals surface area contributed by atoms with E-state index in [2.05, 4.69) is 9.64 Å². The Labute approximate surface area is 259 Å². The maximum absolute atomic E-state index is 13.7. The van der Waals surface area contributed by atoms with E-state index in [4.69, 9.17) is 0 Å². The molecule has 2 aliphatic rings. The first-order valence-electron chi connectivity index (χ1n) is 15.0. The van der Waals surface area contributed by atoms with Crippen LogP contribution in [0.5, 0.6) is 5.75 Å². The van der Waals surface area contributed by atoms with Crippen LogP contribution in [0.25, 0.3) is 0 Å². The van der Waals surface area contributed by atoms with Crippen LogP contribution in [0, 0.1) is 11.3 Å². The monoisotopic (exact) mass is 642 g/mol. The Kier molecular flexibility index (Phi) is 10.3. The molecule has 0 bridgehead atoms. The molecule has 2 saturated heterocycles. The lowest BCUT2D eigenvalue weighted by Crippen LogP contribution is -2.60. The zero-order valence-electron chi connectivity index (χ0n) is 25.8. The molecule has 4 rings (SSSR count). The van der Waals surface area contributed by atoms with Crippen LogP contribution >= 0.6 is 0 Å². The summed E-state index contributed by atoms with van der Waals surface area (Å²) in [5.41, 5.74) is 0.806. The number of carbonyl (C=O) groups excluding carboxylic acids is 2. The molecule has 2 fully saturated rings. The van der Waals surface area contributed by atoms with Gasteiger partial charge in [0.2, 0.25) is 11.8 Å². The van der Waals surface area contributed by atoms with Crippen molar-refractivity contribution in [3.05, 3.63) is 59.7 Å². The van der Waals surface area contributed by atoms with Crippen molar-refractivity contribution in [2.75, 3.05) is 38.0 Å². The van der Waals surface area contributed by atoms with E-state index in [1.807, 2.05) is 25.7 Å². The number of carbonyl (C=O) groups is 2. The summed E-state index contributed by atoms with van der Waals surface area (Å²) in [4.78, 5) is 31.2. The molecule has 0 spiro atoms. The predicted octanol–water partition coefficient (Wildman–Crippen LogP) is 6.81. The van der Waals surface area contributed by atoms with Gasteiger partial charge in [-0.1, -0.05) is 45.0 Å². The molecule has 2 heterocycles. The van der Waals surface area contributed by atoms with Gasteiger partial charge in [-0.15, -0.1) is 13.2 Å². The normalized spacial score (nSPS) is 19.7. The highest BCUT2D eigenvalue weighted by molar-refractivity contribution is 5.77. The van der Waals surface area contributed by atoms with E-state index in [1.165, 1.54) is 41.7 Å². The number of anilines is 1. The number of alkyl halides is 6. The standard InChI is InChI=1S/C32H40F6N4O3/c1-21(43)40-15-13-22(14-16-40)19-28(44)42-18-17-41(20-27(42)30(2,3)4)29(23-5-9-25(10-6-23)39-31(33,34)35)24-7-11-26(12-8-24)45-32(36,37)38/h5-12,22,27,29,39H,13-20H2,1-4H3/t27-,29?/m1/s1. The van der Waals surface area contributed by atoms with Crippen molar-refractivity contribution < 1.29 is 40.7 Å². The van der Waals surface area contributed by atoms with Gasteiger partial charge in [0, 0.05) is 57.8 Å². The smallest absolute Gasteiger partial charge is 0.406 e. The largest absolute Gasteiger partial charge is 0.573 e. The molecule has 2 aromatic rings. The first-order valence-corrected chi connectivity index (χ1v) is 15.0. The minimum absolute atomic E-state index is 0.0343. The van der Waals surface area contributed by atoms with Gasteiger partial charge in [0.25, 0.3) is 0 Å². The molecule has 2 amide bonds. The van der Waals surface area contributed by atoms with E-state index < -0.39 is 18.7 Å². The van der Waals surface area contributed by atoms with E-state index in [-0.39, 0.29) is 40.6 Å². The molecule has 0 radical (unpaired) electrons. The van der Waals surface area contributed by atoms with Crippen molar-refractivity contribution in [2.24, 2.45) is 11.3 Å². The van der Waals surface area contributed by atoms with Gasteiger partial charge in [0.05, 0.1) is 6.04 Å². The van der Waals surface area contributed by atoms with Gasteiger partial charge in [-0.3, -0.25) is 19.8 Å². The Morgan fingerprint density at radius 3 is 1.91 bits per heavy atom. The van der Waals surface area contributed by atoms with Crippen molar-refractivity contribution >= 4 is 17.5 Å². The number of rotatable bonds is 7. The number of nitrogens with zero attached hydrogens (tertiary/aromatic N) is 3. The molecular weight excluding hydrogens is 602 g/mol. The molecule has 45 heavy (non-hydrogen) atoms. The molecule has 2 atom stereocenters. The van der Waals surface area contributed by atoms with Crippen molar-refractivity contribution in [1.29, 1.82) is 0 Å². The zero-order valence-corrected chi connectivity index (χ0v) is 25.8. The van der Waals surface area contributed by atoms with Crippen LogP contribution < -0.4 is 10.1 Å². The number of halogens is 6. The van der Waals surface area contributed by atoms with Gasteiger partial charge >= 0.3 is 12.7 Å². The van der Waals surface area contributed by atoms with Crippen molar-refractivity contribution in [3.63, 3.8) is 0 Å². The third kappa shape index (κ3) is 9.51. The van der Waals surface area contributed by atoms with E-state index in [0.29, 0.717) is 50.3 Å². The SMILES string of the molecule is CC(=O)N1CCC(CC(=O)N2CCN(C(c3ccc(NC(F)(F)F)cc3)c3ccc(OC(F)(F)F)cc3)C[C@@H]2C(C)(C)C)CC1. The summed E-state index contributed by atoms with van der Waals surface area (Å²) in [5, 5.41) is 1.48. The molecule has 248 valence electrons. The van der Waals surface area contributed by atoms with Crippen molar-refractivity contribution in [1.82, 2.24) is 14.7 Å². The minimum Gasteiger partial charge on any atom is -0.406 e. The summed E-state index contributed by atoms with van der Waals surface area (Å²) in [7, 11) is 0. The Balaban J connectivity index is 1.58. The topological polar surface area (TPSA) is 65.1 Å². The fourth-order valence-corrected chi connectivity index (χ4v) is 6.27. The molecule has 2 aromatic carbocycles. The van der Waals surface area contributed by atoms with Gasteiger partial charge < -0.3 is 14.5 Å². The lowest BCUT2D eigenvalue weighted by Gasteiger charge is -2.50. The van der Waals surface area contributed by atoms with Crippen molar-refractivity contribution in [3.8, 4) is 5.75 Å². The molecule has 1 N–H and O–H groups in total. The third-order valence-corrected chi connectivity index (χ3v) is 8.56. The van der Waals surface area contributed by atoms with Crippen LogP contribution in [0.4, 0.5) is 32.0 Å². The quantitative estimate of drug-likeness (QED) is 0.266. The summed E-state index contributed by atoms with van der Waals surface area (Å²) in [6.07, 6.45) is -7.55. The highest BCUT2D eigenvalue weighted by Gasteiger charge is 2.41. The van der Waals surface area contributed by atoms with Gasteiger partial charge in [0.1, 0.15) is 5.75 Å². The van der Waals surface area contributed by atoms with Crippen molar-refractivity contribution in [2.45, 2.75) is 71.7 Å². The molecule has 1 unspecified atom stereocenters. The van der Waals surface area contributed by atoms with E-state index in [1.54, 1.807) is 24.0 Å². The van der Waals surface area contributed by atoms with Crippen LogP contribution in [0.2, 0.25) is 0 Å². The van der Waals surface area contributed by atoms with Gasteiger partial charge in [-0.25, -0.2) is 0 Å². The number of nitrogens with one attached hydrogen (secondary N) is 1. The Morgan fingerprint density at radius 1 is 0.867 bits per heavy atom. The van der Waals surface area contributed by atoms with E-state index in [0.717, 1.165) is 12.8 Å². The molecule has 2 aliphatic heterocycles. The lowest BCUT2D eigenvalue weighted by molar-refractivity contribution is -0.274. The second-order valence-corrected chi connectivity index (χ2v) is 12.9. The molecule has 0 saturated carbocycles. The van der Waals surface area contributed by atoms with E-state index in [9.17, 15) is 35.9 Å². The number of amides is 2. The van der Waals surface area contributed by atoms with E-state index >= 15 is 0 Å². The molecule has 0 aliphatic carbocycles. The first-order chi connectivity index (χ1) is 20.9. The maximum Gasteiger partial charge on any atom is 0.573 e. The number of benzene rings is 2. The number of piperazine rings is 1. The fourth-order valence-electron chi connectivity index (χ4n) is 6.27. The lowest BCUT2D eigenvalue weighted by atomic mass is 9.82. The second kappa shape index (κ2) is 13.5. The predicted molar refractivity (Wildman–Crippen MR) is 157 cm³/mol. The summed E-state index contributed by atoms with van der Waals surface area (Å²) in [5.74, 6) is -0.122. The molecular formula is C32H40F6N4O3. The number of piperidine rings is 1. The molecule has 7 nitrogen and oxygen atoms in total. The van der Waals surface area contributed by atoms with Gasteiger partial charge in [-0.05, 0) is 59.6 Å². The summed E-state index contributed by atoms with van der Waals surface area (Å²) >= 11 is 0. The fraction of sp³-hybridized carbons (Fsp3) is 0.562. The number of likely N-dealkylation sites (tertiary alicyclic amines) is 1. The highest BCUT2D eigenvalue weighted by Crippen LogP contribution is 2.37. The maximum atomic E-state index is 13.7. The summed E-state index contributed by atoms with van der Waals surface area (Å²) in [6.45, 7) is 10.2. The first kappa shape index (κ1) is 34.4. The minimum atomic E-state index is -4.85. The van der Waals surface area contributed by atoms with Crippen LogP contribution in [-0.2, 0) is 9.59 Å². The Bertz CT molecular complexity index is 1240. The van der Waals surface area contributed by atoms with Crippen LogP contribution in [0.15, 0.2) is 48.5 Å². The number of ether oxygens (including phenoxy) is 1. The van der Waals surface area contributed by atoms with Gasteiger partial charge in [-0.2, -0.15) is 13.2 Å². The number of hydrogen-bond donors (Lipinski definition) is 1. The van der Waals surface area contributed by atoms with Crippen LogP contribution in [-0.4, -0.2) is 77.9 Å².